The molecule has 0 spiro atoms. The number of amides is 1. The van der Waals surface area contributed by atoms with Crippen molar-refractivity contribution in [2.24, 2.45) is 0 Å². The Morgan fingerprint density at radius 2 is 2.20 bits per heavy atom. The quantitative estimate of drug-likeness (QED) is 0.777. The molecule has 88 valence electrons. The molecule has 0 aliphatic carbocycles. The lowest BCUT2D eigenvalue weighted by molar-refractivity contribution is -0.129. The van der Waals surface area contributed by atoms with E-state index >= 15 is 0 Å². The highest BCUT2D eigenvalue weighted by atomic mass is 32.2. The maximum absolute atomic E-state index is 11.9. The van der Waals surface area contributed by atoms with Gasteiger partial charge in [0.15, 0.2) is 0 Å². The van der Waals surface area contributed by atoms with Crippen molar-refractivity contribution in [2.45, 2.75) is 38.5 Å². The lowest BCUT2D eigenvalue weighted by atomic mass is 10.2. The predicted molar refractivity (Wildman–Crippen MR) is 66.3 cm³/mol. The number of thioether (sulfide) groups is 1. The van der Waals surface area contributed by atoms with E-state index in [-0.39, 0.29) is 10.7 Å². The van der Waals surface area contributed by atoms with Gasteiger partial charge in [0.2, 0.25) is 5.91 Å². The van der Waals surface area contributed by atoms with Crippen LogP contribution in [-0.2, 0) is 4.79 Å². The molecule has 1 saturated heterocycles. The first-order chi connectivity index (χ1) is 6.88. The Kier molecular flexibility index (Phi) is 4.46. The van der Waals surface area contributed by atoms with Gasteiger partial charge in [-0.25, -0.2) is 0 Å². The molecule has 1 fully saturated rings. The van der Waals surface area contributed by atoms with E-state index in [2.05, 4.69) is 33.0 Å². The highest BCUT2D eigenvalue weighted by Crippen LogP contribution is 2.23. The van der Waals surface area contributed by atoms with Gasteiger partial charge in [-0.2, -0.15) is 0 Å². The first-order valence-electron chi connectivity index (χ1n) is 5.53. The zero-order valence-electron chi connectivity index (χ0n) is 10.2. The SMILES string of the molecule is C[C@@H]1CN(C(=O)CSC(C)(C)C)CCN1. The van der Waals surface area contributed by atoms with Crippen molar-refractivity contribution in [1.82, 2.24) is 10.2 Å². The van der Waals surface area contributed by atoms with Gasteiger partial charge in [0.25, 0.3) is 0 Å². The molecule has 0 aromatic heterocycles. The molecule has 1 aliphatic heterocycles. The first-order valence-corrected chi connectivity index (χ1v) is 6.52. The van der Waals surface area contributed by atoms with Crippen LogP contribution in [0.5, 0.6) is 0 Å². The zero-order valence-corrected chi connectivity index (χ0v) is 11.0. The molecule has 0 saturated carbocycles. The van der Waals surface area contributed by atoms with Crippen LogP contribution in [0.15, 0.2) is 0 Å². The van der Waals surface area contributed by atoms with Crippen molar-refractivity contribution in [1.29, 1.82) is 0 Å². The average molecular weight is 230 g/mol. The van der Waals surface area contributed by atoms with E-state index in [4.69, 9.17) is 0 Å². The molecule has 1 rings (SSSR count). The van der Waals surface area contributed by atoms with Crippen LogP contribution >= 0.6 is 11.8 Å². The lowest BCUT2D eigenvalue weighted by Gasteiger charge is -2.32. The number of piperazine rings is 1. The normalized spacial score (nSPS) is 22.9. The summed E-state index contributed by atoms with van der Waals surface area (Å²) in [5.74, 6) is 0.888. The predicted octanol–water partition coefficient (Wildman–Crippen LogP) is 1.34. The molecular weight excluding hydrogens is 208 g/mol. The topological polar surface area (TPSA) is 32.3 Å². The van der Waals surface area contributed by atoms with Crippen molar-refractivity contribution < 1.29 is 4.79 Å². The minimum Gasteiger partial charge on any atom is -0.339 e. The summed E-state index contributed by atoms with van der Waals surface area (Å²) in [7, 11) is 0. The van der Waals surface area contributed by atoms with E-state index < -0.39 is 0 Å². The fourth-order valence-electron chi connectivity index (χ4n) is 1.53. The van der Waals surface area contributed by atoms with Crippen molar-refractivity contribution in [3.05, 3.63) is 0 Å². The Morgan fingerprint density at radius 3 is 2.73 bits per heavy atom. The van der Waals surface area contributed by atoms with E-state index in [1.54, 1.807) is 11.8 Å². The Labute approximate surface area is 97.0 Å². The van der Waals surface area contributed by atoms with Gasteiger partial charge >= 0.3 is 0 Å². The van der Waals surface area contributed by atoms with Crippen molar-refractivity contribution in [3.8, 4) is 0 Å². The first kappa shape index (κ1) is 12.8. The Morgan fingerprint density at radius 1 is 1.53 bits per heavy atom. The second kappa shape index (κ2) is 5.21. The van der Waals surface area contributed by atoms with E-state index in [1.807, 2.05) is 4.90 Å². The fourth-order valence-corrected chi connectivity index (χ4v) is 2.27. The van der Waals surface area contributed by atoms with E-state index in [0.717, 1.165) is 19.6 Å². The molecule has 1 amide bonds. The summed E-state index contributed by atoms with van der Waals surface area (Å²) in [5.41, 5.74) is 0. The summed E-state index contributed by atoms with van der Waals surface area (Å²) in [6, 6.07) is 0.433. The maximum atomic E-state index is 11.9. The minimum absolute atomic E-state index is 0.176. The number of nitrogens with one attached hydrogen (secondary N) is 1. The van der Waals surface area contributed by atoms with Gasteiger partial charge in [-0.05, 0) is 6.92 Å². The second-order valence-corrected chi connectivity index (χ2v) is 6.90. The molecule has 4 heteroatoms. The summed E-state index contributed by atoms with van der Waals surface area (Å²) < 4.78 is 0.176. The van der Waals surface area contributed by atoms with Crippen molar-refractivity contribution in [2.75, 3.05) is 25.4 Å². The maximum Gasteiger partial charge on any atom is 0.232 e. The van der Waals surface area contributed by atoms with E-state index in [9.17, 15) is 4.79 Å². The van der Waals surface area contributed by atoms with Gasteiger partial charge in [-0.15, -0.1) is 11.8 Å². The molecule has 0 radical (unpaired) electrons. The van der Waals surface area contributed by atoms with E-state index in [1.165, 1.54) is 0 Å². The Bertz CT molecular complexity index is 225. The van der Waals surface area contributed by atoms with Crippen LogP contribution in [0.4, 0.5) is 0 Å². The minimum atomic E-state index is 0.176. The summed E-state index contributed by atoms with van der Waals surface area (Å²) in [4.78, 5) is 13.8. The summed E-state index contributed by atoms with van der Waals surface area (Å²) in [5, 5.41) is 3.34. The number of rotatable bonds is 2. The van der Waals surface area contributed by atoms with Gasteiger partial charge in [-0.3, -0.25) is 4.79 Å². The summed E-state index contributed by atoms with van der Waals surface area (Å²) >= 11 is 1.72. The highest BCUT2D eigenvalue weighted by molar-refractivity contribution is 8.01. The third-order valence-electron chi connectivity index (χ3n) is 2.35. The van der Waals surface area contributed by atoms with Gasteiger partial charge in [0.05, 0.1) is 5.75 Å². The molecule has 0 aromatic rings. The highest BCUT2D eigenvalue weighted by Gasteiger charge is 2.22. The van der Waals surface area contributed by atoms with E-state index in [0.29, 0.717) is 11.8 Å². The van der Waals surface area contributed by atoms with Gasteiger partial charge in [0.1, 0.15) is 0 Å². The van der Waals surface area contributed by atoms with Gasteiger partial charge in [-0.1, -0.05) is 20.8 Å². The standard InChI is InChI=1S/C11H22N2OS/c1-9-7-13(6-5-12-9)10(14)8-15-11(2,3)4/h9,12H,5-8H2,1-4H3/t9-/m1/s1. The van der Waals surface area contributed by atoms with Gasteiger partial charge < -0.3 is 10.2 Å². The van der Waals surface area contributed by atoms with Crippen LogP contribution in [0.1, 0.15) is 27.7 Å². The molecule has 0 bridgehead atoms. The van der Waals surface area contributed by atoms with Crippen LogP contribution in [0.25, 0.3) is 0 Å². The molecule has 1 N–H and O–H groups in total. The smallest absolute Gasteiger partial charge is 0.232 e. The molecule has 3 nitrogen and oxygen atoms in total. The van der Waals surface area contributed by atoms with Crippen molar-refractivity contribution >= 4 is 17.7 Å². The lowest BCUT2D eigenvalue weighted by Crippen LogP contribution is -2.51. The van der Waals surface area contributed by atoms with Crippen molar-refractivity contribution in [3.63, 3.8) is 0 Å². The number of hydrogen-bond donors (Lipinski definition) is 1. The molecule has 1 heterocycles. The van der Waals surface area contributed by atoms with Gasteiger partial charge in [0, 0.05) is 30.4 Å². The molecule has 0 unspecified atom stereocenters. The molecule has 0 aromatic carbocycles. The van der Waals surface area contributed by atoms with Crippen LogP contribution in [-0.4, -0.2) is 47.0 Å². The Balaban J connectivity index is 2.33. The number of hydrogen-bond acceptors (Lipinski definition) is 3. The average Bonchev–Trinajstić information content (AvgIpc) is 2.13. The van der Waals surface area contributed by atoms with Crippen LogP contribution in [0.2, 0.25) is 0 Å². The monoisotopic (exact) mass is 230 g/mol. The molecule has 1 aliphatic rings. The number of carbonyl (C=O) groups excluding carboxylic acids is 1. The van der Waals surface area contributed by atoms with Crippen LogP contribution < -0.4 is 5.32 Å². The number of nitrogens with zero attached hydrogens (tertiary/aromatic N) is 1. The largest absolute Gasteiger partial charge is 0.339 e. The van der Waals surface area contributed by atoms with Crippen LogP contribution in [0, 0.1) is 0 Å². The molecule has 1 atom stereocenters. The van der Waals surface area contributed by atoms with Crippen LogP contribution in [0.3, 0.4) is 0 Å². The Hall–Kier alpha value is -0.220. The molecule has 15 heavy (non-hydrogen) atoms. The zero-order chi connectivity index (χ0) is 11.5. The summed E-state index contributed by atoms with van der Waals surface area (Å²) in [6.07, 6.45) is 0. The second-order valence-electron chi connectivity index (χ2n) is 5.10. The summed E-state index contributed by atoms with van der Waals surface area (Å²) in [6.45, 7) is 11.2. The third kappa shape index (κ3) is 4.89. The third-order valence-corrected chi connectivity index (χ3v) is 3.61. The fraction of sp³-hybridized carbons (Fsp3) is 0.909. The molecular formula is C11H22N2OS. The number of carbonyl (C=O) groups is 1.